The highest BCUT2D eigenvalue weighted by Crippen LogP contribution is 2.53. The van der Waals surface area contributed by atoms with E-state index in [1.165, 1.54) is 0 Å². The lowest BCUT2D eigenvalue weighted by atomic mass is 9.85. The molecule has 4 atom stereocenters. The zero-order valence-corrected chi connectivity index (χ0v) is 11.2. The molecule has 2 fully saturated rings. The summed E-state index contributed by atoms with van der Waals surface area (Å²) in [5, 5.41) is 10.8. The average molecular weight is 289 g/mol. The zero-order valence-electron chi connectivity index (χ0n) is 10.4. The van der Waals surface area contributed by atoms with Crippen LogP contribution in [-0.2, 0) is 9.59 Å². The fraction of sp³-hybridized carbons (Fsp3) is 0.357. The third-order valence-corrected chi connectivity index (χ3v) is 5.44. The Hall–Kier alpha value is -1.95. The molecular formula is C14H11NO4S. The Morgan fingerprint density at radius 1 is 1.20 bits per heavy atom. The Labute approximate surface area is 118 Å². The molecule has 1 saturated carbocycles. The van der Waals surface area contributed by atoms with E-state index in [-0.39, 0.29) is 46.1 Å². The standard InChI is InChI=1S/C14H11NO4S/c16-12-9-6-1-2-7(5-6)10(9)13(17)15(12)8-3-4-20-11(8)14(18)19/h1-4,6-7,9-10H,5H2,(H,18,19). The Kier molecular flexibility index (Phi) is 2.24. The van der Waals surface area contributed by atoms with Crippen molar-refractivity contribution in [1.82, 2.24) is 0 Å². The normalized spacial score (nSPS) is 34.1. The molecule has 102 valence electrons. The number of fused-ring (bicyclic) bond motifs is 5. The van der Waals surface area contributed by atoms with Gasteiger partial charge in [0.2, 0.25) is 11.8 Å². The van der Waals surface area contributed by atoms with Gasteiger partial charge >= 0.3 is 5.97 Å². The predicted molar refractivity (Wildman–Crippen MR) is 71.5 cm³/mol. The van der Waals surface area contributed by atoms with E-state index in [9.17, 15) is 14.4 Å². The second-order valence-electron chi connectivity index (χ2n) is 5.45. The SMILES string of the molecule is O=C(O)c1sccc1N1C(=O)C2C3C=CC(C3)C2C1=O. The molecule has 1 aromatic heterocycles. The van der Waals surface area contributed by atoms with Crippen LogP contribution in [0.15, 0.2) is 23.6 Å². The van der Waals surface area contributed by atoms with Gasteiger partial charge in [0.25, 0.3) is 0 Å². The fourth-order valence-electron chi connectivity index (χ4n) is 3.78. The lowest BCUT2D eigenvalue weighted by molar-refractivity contribution is -0.123. The molecule has 1 aliphatic heterocycles. The smallest absolute Gasteiger partial charge is 0.348 e. The number of carboxylic acids is 1. The van der Waals surface area contributed by atoms with Crippen LogP contribution in [0.1, 0.15) is 16.1 Å². The molecule has 4 rings (SSSR count). The maximum atomic E-state index is 12.5. The Balaban J connectivity index is 1.78. The minimum Gasteiger partial charge on any atom is -0.477 e. The number of hydrogen-bond donors (Lipinski definition) is 1. The summed E-state index contributed by atoms with van der Waals surface area (Å²) >= 11 is 1.03. The van der Waals surface area contributed by atoms with Crippen LogP contribution in [0.4, 0.5) is 5.69 Å². The molecule has 5 nitrogen and oxygen atoms in total. The van der Waals surface area contributed by atoms with Crippen molar-refractivity contribution in [3.05, 3.63) is 28.5 Å². The number of allylic oxidation sites excluding steroid dienone is 2. The van der Waals surface area contributed by atoms with Gasteiger partial charge in [0, 0.05) is 0 Å². The van der Waals surface area contributed by atoms with Gasteiger partial charge in [0.1, 0.15) is 4.88 Å². The highest BCUT2D eigenvalue weighted by atomic mass is 32.1. The van der Waals surface area contributed by atoms with Crippen LogP contribution in [0.25, 0.3) is 0 Å². The van der Waals surface area contributed by atoms with Crippen molar-refractivity contribution in [2.75, 3.05) is 4.90 Å². The largest absolute Gasteiger partial charge is 0.477 e. The lowest BCUT2D eigenvalue weighted by Gasteiger charge is -2.16. The van der Waals surface area contributed by atoms with Crippen molar-refractivity contribution in [1.29, 1.82) is 0 Å². The van der Waals surface area contributed by atoms with Crippen LogP contribution in [-0.4, -0.2) is 22.9 Å². The summed E-state index contributed by atoms with van der Waals surface area (Å²) in [4.78, 5) is 37.4. The molecule has 2 amide bonds. The first-order valence-electron chi connectivity index (χ1n) is 6.46. The van der Waals surface area contributed by atoms with Gasteiger partial charge in [-0.2, -0.15) is 0 Å². The maximum absolute atomic E-state index is 12.5. The molecule has 20 heavy (non-hydrogen) atoms. The quantitative estimate of drug-likeness (QED) is 0.665. The molecule has 0 radical (unpaired) electrons. The maximum Gasteiger partial charge on any atom is 0.348 e. The van der Waals surface area contributed by atoms with Crippen LogP contribution in [0.2, 0.25) is 0 Å². The summed E-state index contributed by atoms with van der Waals surface area (Å²) in [5.41, 5.74) is 0.228. The molecular weight excluding hydrogens is 278 g/mol. The minimum atomic E-state index is -1.10. The average Bonchev–Trinajstić information content (AvgIpc) is 3.13. The Morgan fingerprint density at radius 3 is 2.35 bits per heavy atom. The predicted octanol–water partition coefficient (Wildman–Crippen LogP) is 1.76. The van der Waals surface area contributed by atoms with Crippen LogP contribution >= 0.6 is 11.3 Å². The number of nitrogens with zero attached hydrogens (tertiary/aromatic N) is 1. The van der Waals surface area contributed by atoms with Gasteiger partial charge < -0.3 is 5.11 Å². The summed E-state index contributed by atoms with van der Waals surface area (Å²) < 4.78 is 0. The third kappa shape index (κ3) is 1.29. The fourth-order valence-corrected chi connectivity index (χ4v) is 4.49. The third-order valence-electron chi connectivity index (χ3n) is 4.55. The van der Waals surface area contributed by atoms with Gasteiger partial charge in [0.15, 0.2) is 0 Å². The first-order chi connectivity index (χ1) is 9.59. The Morgan fingerprint density at radius 2 is 1.80 bits per heavy atom. The van der Waals surface area contributed by atoms with E-state index < -0.39 is 5.97 Å². The van der Waals surface area contributed by atoms with Crippen molar-refractivity contribution in [3.8, 4) is 0 Å². The summed E-state index contributed by atoms with van der Waals surface area (Å²) in [7, 11) is 0. The second-order valence-corrected chi connectivity index (χ2v) is 6.37. The van der Waals surface area contributed by atoms with Crippen molar-refractivity contribution >= 4 is 34.8 Å². The molecule has 2 heterocycles. The number of thiophene rings is 1. The van der Waals surface area contributed by atoms with Crippen molar-refractivity contribution < 1.29 is 19.5 Å². The molecule has 1 N–H and O–H groups in total. The van der Waals surface area contributed by atoms with Crippen molar-refractivity contribution in [2.45, 2.75) is 6.42 Å². The molecule has 3 aliphatic rings. The van der Waals surface area contributed by atoms with Crippen molar-refractivity contribution in [3.63, 3.8) is 0 Å². The van der Waals surface area contributed by atoms with Crippen molar-refractivity contribution in [2.24, 2.45) is 23.7 Å². The zero-order chi connectivity index (χ0) is 14.0. The summed E-state index contributed by atoms with van der Waals surface area (Å²) in [6, 6.07) is 1.54. The number of carbonyl (C=O) groups excluding carboxylic acids is 2. The van der Waals surface area contributed by atoms with E-state index in [1.807, 2.05) is 12.2 Å². The van der Waals surface area contributed by atoms with Crippen LogP contribution in [0.5, 0.6) is 0 Å². The van der Waals surface area contributed by atoms with Gasteiger partial charge in [0.05, 0.1) is 17.5 Å². The van der Waals surface area contributed by atoms with E-state index in [4.69, 9.17) is 5.11 Å². The number of rotatable bonds is 2. The number of imide groups is 1. The van der Waals surface area contributed by atoms with E-state index >= 15 is 0 Å². The molecule has 2 aliphatic carbocycles. The van der Waals surface area contributed by atoms with Crippen LogP contribution in [0, 0.1) is 23.7 Å². The summed E-state index contributed by atoms with van der Waals surface area (Å²) in [6.45, 7) is 0. The summed E-state index contributed by atoms with van der Waals surface area (Å²) in [5.74, 6) is -1.89. The van der Waals surface area contributed by atoms with Crippen LogP contribution in [0.3, 0.4) is 0 Å². The van der Waals surface area contributed by atoms with Gasteiger partial charge in [-0.1, -0.05) is 12.2 Å². The lowest BCUT2D eigenvalue weighted by Crippen LogP contribution is -2.33. The van der Waals surface area contributed by atoms with Gasteiger partial charge in [-0.25, -0.2) is 9.69 Å². The molecule has 4 unspecified atom stereocenters. The number of amides is 2. The molecule has 6 heteroatoms. The monoisotopic (exact) mass is 289 g/mol. The second kappa shape index (κ2) is 3.79. The number of aromatic carboxylic acids is 1. The highest BCUT2D eigenvalue weighted by molar-refractivity contribution is 7.12. The topological polar surface area (TPSA) is 74.7 Å². The molecule has 0 spiro atoms. The van der Waals surface area contributed by atoms with E-state index in [0.717, 1.165) is 22.7 Å². The van der Waals surface area contributed by atoms with E-state index in [2.05, 4.69) is 0 Å². The van der Waals surface area contributed by atoms with Crippen LogP contribution < -0.4 is 4.90 Å². The first-order valence-corrected chi connectivity index (χ1v) is 7.34. The Bertz CT molecular complexity index is 646. The van der Waals surface area contributed by atoms with E-state index in [1.54, 1.807) is 11.4 Å². The molecule has 2 bridgehead atoms. The molecule has 0 aromatic carbocycles. The van der Waals surface area contributed by atoms with Gasteiger partial charge in [-0.3, -0.25) is 9.59 Å². The van der Waals surface area contributed by atoms with E-state index in [0.29, 0.717) is 0 Å². The summed E-state index contributed by atoms with van der Waals surface area (Å²) in [6.07, 6.45) is 4.91. The molecule has 1 saturated heterocycles. The first kappa shape index (κ1) is 11.8. The minimum absolute atomic E-state index is 0.0481. The number of carbonyl (C=O) groups is 3. The van der Waals surface area contributed by atoms with Gasteiger partial charge in [-0.05, 0) is 29.7 Å². The highest BCUT2D eigenvalue weighted by Gasteiger charge is 2.60. The number of anilines is 1. The molecule has 1 aromatic rings. The van der Waals surface area contributed by atoms with Gasteiger partial charge in [-0.15, -0.1) is 11.3 Å². The number of hydrogen-bond acceptors (Lipinski definition) is 4. The number of carboxylic acid groups (broad SMARTS) is 1.